The van der Waals surface area contributed by atoms with Gasteiger partial charge < -0.3 is 18.6 Å². The van der Waals surface area contributed by atoms with Crippen LogP contribution in [0.2, 0.25) is 0 Å². The number of nitrogens with zero attached hydrogens (tertiary/aromatic N) is 4. The van der Waals surface area contributed by atoms with Crippen molar-refractivity contribution in [3.63, 3.8) is 0 Å². The summed E-state index contributed by atoms with van der Waals surface area (Å²) in [6.45, 7) is 4.04. The topological polar surface area (TPSA) is 92.7 Å². The number of furan rings is 1. The van der Waals surface area contributed by atoms with Gasteiger partial charge in [0.2, 0.25) is 17.7 Å². The third-order valence-corrected chi connectivity index (χ3v) is 5.70. The second-order valence-corrected chi connectivity index (χ2v) is 8.08. The SMILES string of the molecule is CCCN(Cc1nnc(-c2ccco2)o1)C(=O)C1CCN(C(=O)/C=C/c2ccccc2)CC1. The Morgan fingerprint density at radius 3 is 2.61 bits per heavy atom. The van der Waals surface area contributed by atoms with Gasteiger partial charge in [-0.15, -0.1) is 10.2 Å². The van der Waals surface area contributed by atoms with Crippen LogP contribution >= 0.6 is 0 Å². The van der Waals surface area contributed by atoms with E-state index in [1.807, 2.05) is 43.3 Å². The number of rotatable bonds is 8. The van der Waals surface area contributed by atoms with Crippen LogP contribution in [-0.2, 0) is 16.1 Å². The standard InChI is InChI=1S/C25H28N4O4/c1-2-14-29(18-22-26-27-24(33-22)21-9-6-17-32-21)25(31)20-12-15-28(16-13-20)23(30)11-10-19-7-4-3-5-8-19/h3-11,17,20H,2,12-16,18H2,1H3/b11-10+. The van der Waals surface area contributed by atoms with Crippen molar-refractivity contribution in [1.82, 2.24) is 20.0 Å². The van der Waals surface area contributed by atoms with E-state index >= 15 is 0 Å². The normalized spacial score (nSPS) is 14.6. The van der Waals surface area contributed by atoms with Gasteiger partial charge in [-0.1, -0.05) is 37.3 Å². The Labute approximate surface area is 192 Å². The smallest absolute Gasteiger partial charge is 0.283 e. The van der Waals surface area contributed by atoms with E-state index in [1.54, 1.807) is 34.3 Å². The minimum absolute atomic E-state index is 0.0218. The fraction of sp³-hybridized carbons (Fsp3) is 0.360. The van der Waals surface area contributed by atoms with Crippen molar-refractivity contribution in [3.05, 3.63) is 66.3 Å². The number of benzene rings is 1. The molecule has 3 heterocycles. The van der Waals surface area contributed by atoms with Crippen molar-refractivity contribution in [2.75, 3.05) is 19.6 Å². The maximum atomic E-state index is 13.2. The summed E-state index contributed by atoms with van der Waals surface area (Å²) in [4.78, 5) is 29.3. The largest absolute Gasteiger partial charge is 0.459 e. The lowest BCUT2D eigenvalue weighted by atomic mass is 9.95. The molecule has 3 aromatic rings. The first-order chi connectivity index (χ1) is 16.1. The van der Waals surface area contributed by atoms with E-state index in [-0.39, 0.29) is 24.3 Å². The van der Waals surface area contributed by atoms with Crippen LogP contribution in [0.5, 0.6) is 0 Å². The first-order valence-electron chi connectivity index (χ1n) is 11.3. The molecule has 8 nitrogen and oxygen atoms in total. The summed E-state index contributed by atoms with van der Waals surface area (Å²) in [6.07, 6.45) is 7.08. The first-order valence-corrected chi connectivity index (χ1v) is 11.3. The summed E-state index contributed by atoms with van der Waals surface area (Å²) in [5.74, 6) is 1.11. The Balaban J connectivity index is 1.32. The monoisotopic (exact) mass is 448 g/mol. The highest BCUT2D eigenvalue weighted by Crippen LogP contribution is 2.23. The molecule has 1 aromatic carbocycles. The van der Waals surface area contributed by atoms with E-state index in [2.05, 4.69) is 10.2 Å². The second kappa shape index (κ2) is 10.8. The molecule has 2 aromatic heterocycles. The van der Waals surface area contributed by atoms with Crippen LogP contribution in [0.4, 0.5) is 0 Å². The third kappa shape index (κ3) is 5.77. The summed E-state index contributed by atoms with van der Waals surface area (Å²) in [7, 11) is 0. The Bertz CT molecular complexity index is 1070. The molecule has 0 saturated carbocycles. The molecule has 33 heavy (non-hydrogen) atoms. The number of hydrogen-bond donors (Lipinski definition) is 0. The molecule has 1 aliphatic rings. The van der Waals surface area contributed by atoms with E-state index in [0.717, 1.165) is 12.0 Å². The first kappa shape index (κ1) is 22.5. The number of amides is 2. The lowest BCUT2D eigenvalue weighted by Gasteiger charge is -2.33. The zero-order valence-electron chi connectivity index (χ0n) is 18.7. The number of piperidine rings is 1. The zero-order valence-corrected chi connectivity index (χ0v) is 18.7. The number of carbonyl (C=O) groups excluding carboxylic acids is 2. The number of likely N-dealkylation sites (tertiary alicyclic amines) is 1. The molecule has 0 aliphatic carbocycles. The lowest BCUT2D eigenvalue weighted by Crippen LogP contribution is -2.44. The van der Waals surface area contributed by atoms with E-state index < -0.39 is 0 Å². The Morgan fingerprint density at radius 2 is 1.91 bits per heavy atom. The molecule has 0 N–H and O–H groups in total. The van der Waals surface area contributed by atoms with Crippen LogP contribution in [0.1, 0.15) is 37.6 Å². The molecule has 0 bridgehead atoms. The Kier molecular flexibility index (Phi) is 7.34. The summed E-state index contributed by atoms with van der Waals surface area (Å²) in [5, 5.41) is 8.08. The third-order valence-electron chi connectivity index (χ3n) is 5.70. The average Bonchev–Trinajstić information content (AvgIpc) is 3.55. The van der Waals surface area contributed by atoms with Crippen molar-refractivity contribution in [3.8, 4) is 11.7 Å². The van der Waals surface area contributed by atoms with Gasteiger partial charge in [-0.2, -0.15) is 0 Å². The molecule has 4 rings (SSSR count). The molecular formula is C25H28N4O4. The molecule has 0 radical (unpaired) electrons. The van der Waals surface area contributed by atoms with Crippen molar-refractivity contribution in [2.24, 2.45) is 5.92 Å². The van der Waals surface area contributed by atoms with E-state index in [9.17, 15) is 9.59 Å². The number of aromatic nitrogens is 2. The van der Waals surface area contributed by atoms with Gasteiger partial charge >= 0.3 is 0 Å². The van der Waals surface area contributed by atoms with Gasteiger partial charge in [0.05, 0.1) is 12.8 Å². The molecule has 0 spiro atoms. The predicted octanol–water partition coefficient (Wildman–Crippen LogP) is 4.02. The quantitative estimate of drug-likeness (QED) is 0.483. The van der Waals surface area contributed by atoms with Gasteiger partial charge in [0.15, 0.2) is 5.76 Å². The molecule has 1 fully saturated rings. The van der Waals surface area contributed by atoms with Gasteiger partial charge in [-0.05, 0) is 43.0 Å². The van der Waals surface area contributed by atoms with Gasteiger partial charge in [-0.3, -0.25) is 9.59 Å². The molecule has 8 heteroatoms. The molecule has 0 atom stereocenters. The fourth-order valence-corrected chi connectivity index (χ4v) is 3.96. The van der Waals surface area contributed by atoms with E-state index in [0.29, 0.717) is 50.0 Å². The van der Waals surface area contributed by atoms with Crippen LogP contribution in [0, 0.1) is 5.92 Å². The van der Waals surface area contributed by atoms with Crippen LogP contribution < -0.4 is 0 Å². The van der Waals surface area contributed by atoms with Crippen LogP contribution in [0.25, 0.3) is 17.7 Å². The zero-order chi connectivity index (χ0) is 23.0. The minimum Gasteiger partial charge on any atom is -0.459 e. The second-order valence-electron chi connectivity index (χ2n) is 8.08. The van der Waals surface area contributed by atoms with E-state index in [1.165, 1.54) is 0 Å². The Hall–Kier alpha value is -3.68. The molecule has 1 aliphatic heterocycles. The van der Waals surface area contributed by atoms with Crippen LogP contribution in [0.15, 0.2) is 63.6 Å². The highest BCUT2D eigenvalue weighted by molar-refractivity contribution is 5.92. The lowest BCUT2D eigenvalue weighted by molar-refractivity contribution is -0.140. The van der Waals surface area contributed by atoms with E-state index in [4.69, 9.17) is 8.83 Å². The fourth-order valence-electron chi connectivity index (χ4n) is 3.96. The van der Waals surface area contributed by atoms with Crippen molar-refractivity contribution < 1.29 is 18.4 Å². The molecule has 2 amide bonds. The highest BCUT2D eigenvalue weighted by atomic mass is 16.4. The maximum Gasteiger partial charge on any atom is 0.283 e. The van der Waals surface area contributed by atoms with Crippen LogP contribution in [-0.4, -0.2) is 51.4 Å². The maximum absolute atomic E-state index is 13.2. The molecule has 172 valence electrons. The number of hydrogen-bond acceptors (Lipinski definition) is 6. The average molecular weight is 449 g/mol. The molecule has 0 unspecified atom stereocenters. The molecule has 1 saturated heterocycles. The predicted molar refractivity (Wildman–Crippen MR) is 122 cm³/mol. The number of carbonyl (C=O) groups is 2. The van der Waals surface area contributed by atoms with Crippen LogP contribution in [0.3, 0.4) is 0 Å². The summed E-state index contributed by atoms with van der Waals surface area (Å²) < 4.78 is 11.0. The van der Waals surface area contributed by atoms with Gasteiger partial charge in [-0.25, -0.2) is 0 Å². The highest BCUT2D eigenvalue weighted by Gasteiger charge is 2.30. The summed E-state index contributed by atoms with van der Waals surface area (Å²) in [6, 6.07) is 13.2. The van der Waals surface area contributed by atoms with Crippen molar-refractivity contribution >= 4 is 17.9 Å². The van der Waals surface area contributed by atoms with Crippen molar-refractivity contribution in [2.45, 2.75) is 32.7 Å². The van der Waals surface area contributed by atoms with Gasteiger partial charge in [0.25, 0.3) is 5.89 Å². The summed E-state index contributed by atoms with van der Waals surface area (Å²) >= 11 is 0. The molecular weight excluding hydrogens is 420 g/mol. The summed E-state index contributed by atoms with van der Waals surface area (Å²) in [5.41, 5.74) is 0.988. The van der Waals surface area contributed by atoms with Gasteiger partial charge in [0, 0.05) is 31.6 Å². The Morgan fingerprint density at radius 1 is 1.12 bits per heavy atom. The van der Waals surface area contributed by atoms with Gasteiger partial charge in [0.1, 0.15) is 0 Å². The minimum atomic E-state index is -0.119. The van der Waals surface area contributed by atoms with Crippen molar-refractivity contribution in [1.29, 1.82) is 0 Å².